The number of aryl methyl sites for hydroxylation is 1. The van der Waals surface area contributed by atoms with Crippen LogP contribution in [-0.2, 0) is 4.79 Å². The smallest absolute Gasteiger partial charge is 0.226 e. The summed E-state index contributed by atoms with van der Waals surface area (Å²) < 4.78 is 18.8. The molecule has 0 saturated heterocycles. The maximum atomic E-state index is 13.0. The molecule has 0 fully saturated rings. The van der Waals surface area contributed by atoms with Crippen molar-refractivity contribution in [3.8, 4) is 17.0 Å². The van der Waals surface area contributed by atoms with Crippen LogP contribution in [0.25, 0.3) is 11.3 Å². The van der Waals surface area contributed by atoms with Gasteiger partial charge in [-0.15, -0.1) is 11.3 Å². The molecule has 0 unspecified atom stereocenters. The lowest BCUT2D eigenvalue weighted by Crippen LogP contribution is -2.12. The van der Waals surface area contributed by atoms with E-state index in [0.717, 1.165) is 11.3 Å². The van der Waals surface area contributed by atoms with Gasteiger partial charge in [0, 0.05) is 17.4 Å². The van der Waals surface area contributed by atoms with Crippen molar-refractivity contribution in [2.75, 3.05) is 11.9 Å². The van der Waals surface area contributed by atoms with Gasteiger partial charge in [-0.3, -0.25) is 4.79 Å². The minimum Gasteiger partial charge on any atom is -0.494 e. The number of ether oxygens (including phenoxy) is 1. The first-order valence-corrected chi connectivity index (χ1v) is 10.5. The second kappa shape index (κ2) is 9.65. The predicted octanol–water partition coefficient (Wildman–Crippen LogP) is 6.18. The fraction of sp³-hybridized carbons (Fsp3) is 0.304. The fourth-order valence-corrected chi connectivity index (χ4v) is 3.81. The van der Waals surface area contributed by atoms with Gasteiger partial charge in [0.2, 0.25) is 5.91 Å². The summed E-state index contributed by atoms with van der Waals surface area (Å²) in [7, 11) is 0. The molecule has 0 bridgehead atoms. The number of nitrogens with one attached hydrogen (secondary N) is 1. The van der Waals surface area contributed by atoms with Crippen LogP contribution in [0.4, 0.5) is 9.52 Å². The Labute approximate surface area is 174 Å². The van der Waals surface area contributed by atoms with Crippen LogP contribution >= 0.6 is 11.3 Å². The molecular weight excluding hydrogens is 387 g/mol. The summed E-state index contributed by atoms with van der Waals surface area (Å²) in [5, 5.41) is 5.19. The summed E-state index contributed by atoms with van der Waals surface area (Å²) in [6.07, 6.45) is 0.974. The molecule has 0 saturated carbocycles. The van der Waals surface area contributed by atoms with Gasteiger partial charge < -0.3 is 10.1 Å². The number of amides is 1. The van der Waals surface area contributed by atoms with Gasteiger partial charge in [0.1, 0.15) is 11.6 Å². The van der Waals surface area contributed by atoms with E-state index in [0.29, 0.717) is 36.2 Å². The lowest BCUT2D eigenvalue weighted by Gasteiger charge is -2.12. The molecule has 0 aliphatic heterocycles. The van der Waals surface area contributed by atoms with Crippen LogP contribution in [-0.4, -0.2) is 17.5 Å². The third kappa shape index (κ3) is 5.87. The highest BCUT2D eigenvalue weighted by atomic mass is 32.1. The van der Waals surface area contributed by atoms with E-state index in [2.05, 4.69) is 37.1 Å². The van der Waals surface area contributed by atoms with Gasteiger partial charge in [0.05, 0.1) is 12.3 Å². The number of hydrogen-bond donors (Lipinski definition) is 1. The Kier molecular flexibility index (Phi) is 6.99. The van der Waals surface area contributed by atoms with Crippen LogP contribution in [0, 0.1) is 12.7 Å². The molecule has 3 aromatic rings. The van der Waals surface area contributed by atoms with Gasteiger partial charge >= 0.3 is 0 Å². The number of nitrogens with zero attached hydrogens (tertiary/aromatic N) is 1. The van der Waals surface area contributed by atoms with E-state index in [-0.39, 0.29) is 11.7 Å². The van der Waals surface area contributed by atoms with E-state index in [4.69, 9.17) is 4.74 Å². The number of halogens is 1. The van der Waals surface area contributed by atoms with Gasteiger partial charge in [-0.25, -0.2) is 9.37 Å². The van der Waals surface area contributed by atoms with Crippen LogP contribution < -0.4 is 10.1 Å². The Morgan fingerprint density at radius 2 is 1.97 bits per heavy atom. The van der Waals surface area contributed by atoms with Crippen molar-refractivity contribution < 1.29 is 13.9 Å². The van der Waals surface area contributed by atoms with Gasteiger partial charge in [-0.2, -0.15) is 0 Å². The van der Waals surface area contributed by atoms with E-state index in [1.807, 2.05) is 17.5 Å². The first-order valence-electron chi connectivity index (χ1n) is 9.67. The molecule has 1 aromatic heterocycles. The summed E-state index contributed by atoms with van der Waals surface area (Å²) >= 11 is 1.35. The largest absolute Gasteiger partial charge is 0.494 e. The Balaban J connectivity index is 1.43. The summed E-state index contributed by atoms with van der Waals surface area (Å²) in [5.41, 5.74) is 4.07. The molecule has 6 heteroatoms. The maximum Gasteiger partial charge on any atom is 0.226 e. The SMILES string of the molecule is Cc1cc(OCCCC(=O)Nc2nc(-c3ccc(F)cc3)cs2)ccc1C(C)C. The van der Waals surface area contributed by atoms with Crippen LogP contribution in [0.2, 0.25) is 0 Å². The van der Waals surface area contributed by atoms with E-state index in [9.17, 15) is 9.18 Å². The third-order valence-electron chi connectivity index (χ3n) is 4.57. The molecule has 1 N–H and O–H groups in total. The van der Waals surface area contributed by atoms with E-state index in [1.54, 1.807) is 12.1 Å². The second-order valence-corrected chi connectivity index (χ2v) is 8.08. The van der Waals surface area contributed by atoms with Crippen molar-refractivity contribution in [3.63, 3.8) is 0 Å². The summed E-state index contributed by atoms with van der Waals surface area (Å²) in [4.78, 5) is 16.5. The number of benzene rings is 2. The van der Waals surface area contributed by atoms with E-state index < -0.39 is 0 Å². The molecule has 0 atom stereocenters. The predicted molar refractivity (Wildman–Crippen MR) is 116 cm³/mol. The average Bonchev–Trinajstić information content (AvgIpc) is 3.14. The molecule has 3 rings (SSSR count). The highest BCUT2D eigenvalue weighted by Crippen LogP contribution is 2.25. The second-order valence-electron chi connectivity index (χ2n) is 7.22. The minimum atomic E-state index is -0.286. The lowest BCUT2D eigenvalue weighted by molar-refractivity contribution is -0.116. The van der Waals surface area contributed by atoms with Gasteiger partial charge in [-0.1, -0.05) is 19.9 Å². The molecule has 2 aromatic carbocycles. The number of hydrogen-bond acceptors (Lipinski definition) is 4. The summed E-state index contributed by atoms with van der Waals surface area (Å²) in [6.45, 7) is 6.91. The zero-order chi connectivity index (χ0) is 20.8. The monoisotopic (exact) mass is 412 g/mol. The Morgan fingerprint density at radius 1 is 1.21 bits per heavy atom. The van der Waals surface area contributed by atoms with Crippen LogP contribution in [0.5, 0.6) is 5.75 Å². The number of anilines is 1. The minimum absolute atomic E-state index is 0.0973. The Morgan fingerprint density at radius 3 is 2.66 bits per heavy atom. The van der Waals surface area contributed by atoms with Gasteiger partial charge in [-0.05, 0) is 66.8 Å². The molecule has 1 amide bonds. The van der Waals surface area contributed by atoms with Gasteiger partial charge in [0.25, 0.3) is 0 Å². The third-order valence-corrected chi connectivity index (χ3v) is 5.33. The van der Waals surface area contributed by atoms with Crippen molar-refractivity contribution in [1.82, 2.24) is 4.98 Å². The molecule has 4 nitrogen and oxygen atoms in total. The normalized spacial score (nSPS) is 10.9. The molecule has 1 heterocycles. The highest BCUT2D eigenvalue weighted by molar-refractivity contribution is 7.14. The van der Waals surface area contributed by atoms with Crippen LogP contribution in [0.15, 0.2) is 47.8 Å². The topological polar surface area (TPSA) is 51.2 Å². The Hall–Kier alpha value is -2.73. The molecule has 0 aliphatic carbocycles. The lowest BCUT2D eigenvalue weighted by atomic mass is 9.98. The molecular formula is C23H25FN2O2S. The van der Waals surface area contributed by atoms with Crippen molar-refractivity contribution in [1.29, 1.82) is 0 Å². The van der Waals surface area contributed by atoms with E-state index >= 15 is 0 Å². The average molecular weight is 413 g/mol. The first-order chi connectivity index (χ1) is 13.9. The van der Waals surface area contributed by atoms with Crippen LogP contribution in [0.1, 0.15) is 43.7 Å². The zero-order valence-corrected chi connectivity index (χ0v) is 17.7. The maximum absolute atomic E-state index is 13.0. The summed E-state index contributed by atoms with van der Waals surface area (Å²) in [6, 6.07) is 12.3. The molecule has 0 spiro atoms. The van der Waals surface area contributed by atoms with Crippen molar-refractivity contribution >= 4 is 22.4 Å². The molecule has 152 valence electrons. The van der Waals surface area contributed by atoms with Crippen molar-refractivity contribution in [2.45, 2.75) is 39.5 Å². The number of carbonyl (C=O) groups excluding carboxylic acids is 1. The molecule has 0 radical (unpaired) electrons. The van der Waals surface area contributed by atoms with Gasteiger partial charge in [0.15, 0.2) is 5.13 Å². The highest BCUT2D eigenvalue weighted by Gasteiger charge is 2.09. The first kappa shape index (κ1) is 21.0. The van der Waals surface area contributed by atoms with E-state index in [1.165, 1.54) is 34.6 Å². The molecule has 29 heavy (non-hydrogen) atoms. The number of aromatic nitrogens is 1. The fourth-order valence-electron chi connectivity index (χ4n) is 3.07. The number of carbonyl (C=O) groups is 1. The standard InChI is InChI=1S/C23H25FN2O2S/c1-15(2)20-11-10-19(13-16(20)3)28-12-4-5-22(27)26-23-25-21(14-29-23)17-6-8-18(24)9-7-17/h6-11,13-15H,4-5,12H2,1-3H3,(H,25,26,27). The quantitative estimate of drug-likeness (QED) is 0.450. The van der Waals surface area contributed by atoms with Crippen LogP contribution in [0.3, 0.4) is 0 Å². The van der Waals surface area contributed by atoms with Crippen molar-refractivity contribution in [2.24, 2.45) is 0 Å². The Bertz CT molecular complexity index is 967. The number of rotatable bonds is 8. The van der Waals surface area contributed by atoms with Crippen molar-refractivity contribution in [3.05, 3.63) is 64.8 Å². The zero-order valence-electron chi connectivity index (χ0n) is 16.9. The summed E-state index contributed by atoms with van der Waals surface area (Å²) in [5.74, 6) is 0.934. The number of thiazole rings is 1. The molecule has 0 aliphatic rings.